The maximum absolute atomic E-state index is 12.5. The van der Waals surface area contributed by atoms with Gasteiger partial charge < -0.3 is 20.1 Å². The summed E-state index contributed by atoms with van der Waals surface area (Å²) in [5.41, 5.74) is 4.80. The van der Waals surface area contributed by atoms with Crippen molar-refractivity contribution in [3.63, 3.8) is 0 Å². The first kappa shape index (κ1) is 21.2. The second-order valence-corrected chi connectivity index (χ2v) is 7.22. The Labute approximate surface area is 177 Å². The number of nitrogens with zero attached hydrogens (tertiary/aromatic N) is 2. The van der Waals surface area contributed by atoms with Crippen LogP contribution in [0.3, 0.4) is 0 Å². The van der Waals surface area contributed by atoms with Crippen molar-refractivity contribution in [3.05, 3.63) is 71.0 Å². The number of benzene rings is 2. The predicted molar refractivity (Wildman–Crippen MR) is 117 cm³/mol. The molecular weight excluding hydrogens is 380 g/mol. The summed E-state index contributed by atoms with van der Waals surface area (Å²) in [7, 11) is 3.18. The summed E-state index contributed by atoms with van der Waals surface area (Å²) < 4.78 is 12.6. The quantitative estimate of drug-likeness (QED) is 0.606. The zero-order valence-electron chi connectivity index (χ0n) is 18.0. The normalized spacial score (nSPS) is 11.6. The molecule has 0 aliphatic rings. The van der Waals surface area contributed by atoms with E-state index in [0.717, 1.165) is 28.2 Å². The Morgan fingerprint density at radius 1 is 1.07 bits per heavy atom. The summed E-state index contributed by atoms with van der Waals surface area (Å²) in [5.74, 6) is 1.28. The summed E-state index contributed by atoms with van der Waals surface area (Å²) in [6.07, 6.45) is 0. The number of nitrogens with one attached hydrogen (secondary N) is 2. The Morgan fingerprint density at radius 2 is 1.83 bits per heavy atom. The number of aryl methyl sites for hydroxylation is 2. The van der Waals surface area contributed by atoms with E-state index in [1.165, 1.54) is 0 Å². The molecule has 0 aliphatic heterocycles. The van der Waals surface area contributed by atoms with E-state index in [1.807, 2.05) is 74.0 Å². The molecular formula is C23H28N4O3. The molecule has 3 rings (SSSR count). The standard InChI is InChI=1S/C23H28N4O3/c1-15-11-16(2)27(26-15)14-18-7-6-8-20(12-18)25-23(28)24-17(3)19-9-10-21(29-4)22(13-19)30-5/h6-13,17H,14H2,1-5H3,(H2,24,25,28). The maximum atomic E-state index is 12.5. The number of amides is 2. The first-order chi connectivity index (χ1) is 14.4. The van der Waals surface area contributed by atoms with E-state index in [9.17, 15) is 4.79 Å². The number of carbonyl (C=O) groups excluding carboxylic acids is 1. The number of carbonyl (C=O) groups is 1. The predicted octanol–water partition coefficient (Wildman–Crippen LogP) is 4.45. The molecule has 158 valence electrons. The minimum Gasteiger partial charge on any atom is -0.493 e. The van der Waals surface area contributed by atoms with Gasteiger partial charge in [-0.3, -0.25) is 4.68 Å². The van der Waals surface area contributed by atoms with Crippen LogP contribution in [0.25, 0.3) is 0 Å². The van der Waals surface area contributed by atoms with Crippen LogP contribution in [-0.4, -0.2) is 30.0 Å². The van der Waals surface area contributed by atoms with E-state index >= 15 is 0 Å². The summed E-state index contributed by atoms with van der Waals surface area (Å²) in [6, 6.07) is 14.9. The van der Waals surface area contributed by atoms with Crippen LogP contribution in [0, 0.1) is 13.8 Å². The van der Waals surface area contributed by atoms with Crippen molar-refractivity contribution in [2.45, 2.75) is 33.4 Å². The minimum absolute atomic E-state index is 0.206. The fourth-order valence-electron chi connectivity index (χ4n) is 3.32. The highest BCUT2D eigenvalue weighted by Gasteiger charge is 2.13. The lowest BCUT2D eigenvalue weighted by atomic mass is 10.1. The van der Waals surface area contributed by atoms with Crippen LogP contribution in [0.4, 0.5) is 10.5 Å². The summed E-state index contributed by atoms with van der Waals surface area (Å²) in [6.45, 7) is 6.58. The second-order valence-electron chi connectivity index (χ2n) is 7.22. The molecule has 0 aliphatic carbocycles. The molecule has 0 saturated carbocycles. The number of ether oxygens (including phenoxy) is 2. The van der Waals surface area contributed by atoms with Crippen LogP contribution in [0.1, 0.15) is 35.5 Å². The largest absolute Gasteiger partial charge is 0.493 e. The van der Waals surface area contributed by atoms with Gasteiger partial charge in [0.25, 0.3) is 0 Å². The van der Waals surface area contributed by atoms with Gasteiger partial charge in [-0.1, -0.05) is 18.2 Å². The number of urea groups is 1. The zero-order valence-corrected chi connectivity index (χ0v) is 18.0. The SMILES string of the molecule is COc1ccc(C(C)NC(=O)Nc2cccc(Cn3nc(C)cc3C)c2)cc1OC. The number of rotatable bonds is 7. The van der Waals surface area contributed by atoms with Gasteiger partial charge in [-0.2, -0.15) is 5.10 Å². The zero-order chi connectivity index (χ0) is 21.7. The van der Waals surface area contributed by atoms with Gasteiger partial charge in [0.15, 0.2) is 11.5 Å². The summed E-state index contributed by atoms with van der Waals surface area (Å²) in [4.78, 5) is 12.5. The molecule has 1 unspecified atom stereocenters. The maximum Gasteiger partial charge on any atom is 0.319 e. The molecule has 1 atom stereocenters. The lowest BCUT2D eigenvalue weighted by molar-refractivity contribution is 0.249. The topological polar surface area (TPSA) is 77.4 Å². The van der Waals surface area contributed by atoms with Crippen LogP contribution in [0.2, 0.25) is 0 Å². The first-order valence-corrected chi connectivity index (χ1v) is 9.79. The molecule has 1 heterocycles. The Hall–Kier alpha value is -3.48. The van der Waals surface area contributed by atoms with E-state index < -0.39 is 0 Å². The molecule has 7 nitrogen and oxygen atoms in total. The molecule has 0 fully saturated rings. The third-order valence-electron chi connectivity index (χ3n) is 4.88. The fourth-order valence-corrected chi connectivity index (χ4v) is 3.32. The smallest absolute Gasteiger partial charge is 0.319 e. The monoisotopic (exact) mass is 408 g/mol. The number of anilines is 1. The third kappa shape index (κ3) is 5.11. The third-order valence-corrected chi connectivity index (χ3v) is 4.88. The molecule has 2 N–H and O–H groups in total. The minimum atomic E-state index is -0.277. The van der Waals surface area contributed by atoms with Gasteiger partial charge in [0.05, 0.1) is 32.5 Å². The summed E-state index contributed by atoms with van der Waals surface area (Å²) in [5, 5.41) is 10.3. The molecule has 3 aromatic rings. The van der Waals surface area contributed by atoms with Crippen molar-refractivity contribution in [2.75, 3.05) is 19.5 Å². The lowest BCUT2D eigenvalue weighted by Gasteiger charge is -2.17. The highest BCUT2D eigenvalue weighted by atomic mass is 16.5. The number of aromatic nitrogens is 2. The van der Waals surface area contributed by atoms with Gasteiger partial charge in [-0.25, -0.2) is 4.79 Å². The Bertz CT molecular complexity index is 1030. The average molecular weight is 409 g/mol. The lowest BCUT2D eigenvalue weighted by Crippen LogP contribution is -2.31. The molecule has 0 bridgehead atoms. The van der Waals surface area contributed by atoms with E-state index in [2.05, 4.69) is 15.7 Å². The molecule has 30 heavy (non-hydrogen) atoms. The molecule has 7 heteroatoms. The van der Waals surface area contributed by atoms with E-state index in [-0.39, 0.29) is 12.1 Å². The van der Waals surface area contributed by atoms with Gasteiger partial charge in [0.2, 0.25) is 0 Å². The van der Waals surface area contributed by atoms with Gasteiger partial charge >= 0.3 is 6.03 Å². The van der Waals surface area contributed by atoms with Gasteiger partial charge in [-0.15, -0.1) is 0 Å². The number of hydrogen-bond acceptors (Lipinski definition) is 4. The summed E-state index contributed by atoms with van der Waals surface area (Å²) >= 11 is 0. The van der Waals surface area contributed by atoms with Crippen molar-refractivity contribution in [1.29, 1.82) is 0 Å². The first-order valence-electron chi connectivity index (χ1n) is 9.79. The Kier molecular flexibility index (Phi) is 6.61. The molecule has 1 aromatic heterocycles. The van der Waals surface area contributed by atoms with E-state index in [1.54, 1.807) is 14.2 Å². The fraction of sp³-hybridized carbons (Fsp3) is 0.304. The van der Waals surface area contributed by atoms with Gasteiger partial charge in [0, 0.05) is 11.4 Å². The van der Waals surface area contributed by atoms with Crippen molar-refractivity contribution in [1.82, 2.24) is 15.1 Å². The molecule has 2 aromatic carbocycles. The van der Waals surface area contributed by atoms with Gasteiger partial charge in [-0.05, 0) is 62.2 Å². The van der Waals surface area contributed by atoms with Crippen molar-refractivity contribution in [3.8, 4) is 11.5 Å². The van der Waals surface area contributed by atoms with E-state index in [4.69, 9.17) is 9.47 Å². The van der Waals surface area contributed by atoms with Crippen LogP contribution < -0.4 is 20.1 Å². The Morgan fingerprint density at radius 3 is 2.50 bits per heavy atom. The van der Waals surface area contributed by atoms with E-state index in [0.29, 0.717) is 18.0 Å². The average Bonchev–Trinajstić information content (AvgIpc) is 3.04. The van der Waals surface area contributed by atoms with Crippen molar-refractivity contribution < 1.29 is 14.3 Å². The highest BCUT2D eigenvalue weighted by Crippen LogP contribution is 2.29. The Balaban J connectivity index is 1.64. The number of hydrogen-bond donors (Lipinski definition) is 2. The van der Waals surface area contributed by atoms with Crippen molar-refractivity contribution in [2.24, 2.45) is 0 Å². The molecule has 0 saturated heterocycles. The molecule has 0 radical (unpaired) electrons. The van der Waals surface area contributed by atoms with Gasteiger partial charge in [0.1, 0.15) is 0 Å². The number of methoxy groups -OCH3 is 2. The van der Waals surface area contributed by atoms with Crippen LogP contribution in [-0.2, 0) is 6.54 Å². The highest BCUT2D eigenvalue weighted by molar-refractivity contribution is 5.89. The molecule has 2 amide bonds. The second kappa shape index (κ2) is 9.35. The van der Waals surface area contributed by atoms with Crippen molar-refractivity contribution >= 4 is 11.7 Å². The molecule has 0 spiro atoms. The van der Waals surface area contributed by atoms with Crippen LogP contribution in [0.15, 0.2) is 48.5 Å². The van der Waals surface area contributed by atoms with Crippen LogP contribution >= 0.6 is 0 Å². The van der Waals surface area contributed by atoms with Crippen LogP contribution in [0.5, 0.6) is 11.5 Å².